The topological polar surface area (TPSA) is 48.3 Å². The summed E-state index contributed by atoms with van der Waals surface area (Å²) in [6, 6.07) is 12.3. The van der Waals surface area contributed by atoms with Crippen LogP contribution in [0.4, 0.5) is 0 Å². The number of aromatic nitrogens is 1. The van der Waals surface area contributed by atoms with Crippen LogP contribution in [0.2, 0.25) is 5.02 Å². The number of ether oxygens (including phenoxy) is 1. The van der Waals surface area contributed by atoms with Gasteiger partial charge in [-0.25, -0.2) is 0 Å². The number of rotatable bonds is 3. The van der Waals surface area contributed by atoms with Gasteiger partial charge in [0.2, 0.25) is 0 Å². The van der Waals surface area contributed by atoms with Crippen LogP contribution in [0.3, 0.4) is 0 Å². The van der Waals surface area contributed by atoms with Crippen molar-refractivity contribution in [2.75, 3.05) is 6.61 Å². The molecule has 0 saturated heterocycles. The predicted molar refractivity (Wildman–Crippen MR) is 87.4 cm³/mol. The van der Waals surface area contributed by atoms with Crippen LogP contribution in [-0.4, -0.2) is 17.1 Å². The highest BCUT2D eigenvalue weighted by Gasteiger charge is 2.15. The smallest absolute Gasteiger partial charge is 0.325 e. The maximum Gasteiger partial charge on any atom is 0.325 e. The minimum Gasteiger partial charge on any atom is -0.465 e. The number of benzene rings is 2. The lowest BCUT2D eigenvalue weighted by Crippen LogP contribution is -2.18. The maximum absolute atomic E-state index is 12.6. The monoisotopic (exact) mass is 315 g/mol. The van der Waals surface area contributed by atoms with Crippen molar-refractivity contribution in [2.24, 2.45) is 0 Å². The lowest BCUT2D eigenvalue weighted by molar-refractivity contribution is -0.143. The predicted octanol–water partition coefficient (Wildman–Crippen LogP) is 3.37. The highest BCUT2D eigenvalue weighted by Crippen LogP contribution is 2.25. The highest BCUT2D eigenvalue weighted by atomic mass is 35.5. The van der Waals surface area contributed by atoms with Crippen molar-refractivity contribution >= 4 is 39.4 Å². The summed E-state index contributed by atoms with van der Waals surface area (Å²) >= 11 is 6.28. The molecule has 1 aromatic heterocycles. The van der Waals surface area contributed by atoms with Gasteiger partial charge in [0.15, 0.2) is 5.43 Å². The number of halogens is 1. The van der Waals surface area contributed by atoms with Crippen LogP contribution < -0.4 is 5.43 Å². The highest BCUT2D eigenvalue weighted by molar-refractivity contribution is 6.35. The molecule has 0 unspecified atom stereocenters. The summed E-state index contributed by atoms with van der Waals surface area (Å²) in [6.07, 6.45) is 0. The lowest BCUT2D eigenvalue weighted by Gasteiger charge is -2.15. The van der Waals surface area contributed by atoms with Gasteiger partial charge in [0.1, 0.15) is 6.54 Å². The summed E-state index contributed by atoms with van der Waals surface area (Å²) in [5.74, 6) is -0.363. The first-order valence-electron chi connectivity index (χ1n) is 6.99. The molecule has 22 heavy (non-hydrogen) atoms. The Morgan fingerprint density at radius 3 is 2.64 bits per heavy atom. The first-order valence-corrected chi connectivity index (χ1v) is 7.36. The first-order chi connectivity index (χ1) is 10.6. The Bertz CT molecular complexity index is 930. The molecule has 0 radical (unpaired) electrons. The summed E-state index contributed by atoms with van der Waals surface area (Å²) in [4.78, 5) is 24.5. The Morgan fingerprint density at radius 1 is 1.14 bits per heavy atom. The van der Waals surface area contributed by atoms with Crippen molar-refractivity contribution in [3.63, 3.8) is 0 Å². The molecular formula is C17H14ClNO3. The molecule has 0 N–H and O–H groups in total. The molecule has 0 bridgehead atoms. The van der Waals surface area contributed by atoms with Gasteiger partial charge in [-0.15, -0.1) is 0 Å². The van der Waals surface area contributed by atoms with E-state index in [2.05, 4.69) is 0 Å². The van der Waals surface area contributed by atoms with Crippen LogP contribution in [0, 0.1) is 0 Å². The van der Waals surface area contributed by atoms with Crippen molar-refractivity contribution in [1.29, 1.82) is 0 Å². The Labute approximate surface area is 131 Å². The van der Waals surface area contributed by atoms with E-state index < -0.39 is 0 Å². The summed E-state index contributed by atoms with van der Waals surface area (Å²) in [5, 5.41) is 1.49. The van der Waals surface area contributed by atoms with Crippen molar-refractivity contribution < 1.29 is 9.53 Å². The van der Waals surface area contributed by atoms with E-state index in [4.69, 9.17) is 16.3 Å². The molecule has 3 rings (SSSR count). The minimum absolute atomic E-state index is 0.00880. The number of nitrogens with zero attached hydrogens (tertiary/aromatic N) is 1. The summed E-state index contributed by atoms with van der Waals surface area (Å²) in [6.45, 7) is 2.07. The zero-order valence-electron chi connectivity index (χ0n) is 12.0. The lowest BCUT2D eigenvalue weighted by atomic mass is 10.1. The van der Waals surface area contributed by atoms with Crippen LogP contribution in [0.5, 0.6) is 0 Å². The number of esters is 1. The molecule has 3 aromatic rings. The standard InChI is InChI=1S/C17H14ClNO3/c1-2-22-15(20)10-19-14-9-4-3-6-11(14)17(21)12-7-5-8-13(18)16(12)19/h3-9H,2,10H2,1H3. The zero-order chi connectivity index (χ0) is 15.7. The van der Waals surface area contributed by atoms with Crippen molar-refractivity contribution in [1.82, 2.24) is 4.57 Å². The number of carbonyl (C=O) groups is 1. The molecule has 4 nitrogen and oxygen atoms in total. The quantitative estimate of drug-likeness (QED) is 0.550. The Morgan fingerprint density at radius 2 is 1.86 bits per heavy atom. The first kappa shape index (κ1) is 14.6. The van der Waals surface area contributed by atoms with E-state index in [-0.39, 0.29) is 17.9 Å². The molecule has 0 fully saturated rings. The molecule has 0 saturated carbocycles. The van der Waals surface area contributed by atoms with E-state index in [1.54, 1.807) is 47.9 Å². The fourth-order valence-electron chi connectivity index (χ4n) is 2.64. The third-order valence-corrected chi connectivity index (χ3v) is 3.84. The second-order valence-corrected chi connectivity index (χ2v) is 5.28. The average molecular weight is 316 g/mol. The van der Waals surface area contributed by atoms with Crippen molar-refractivity contribution in [2.45, 2.75) is 13.5 Å². The molecule has 0 spiro atoms. The summed E-state index contributed by atoms with van der Waals surface area (Å²) in [5.41, 5.74) is 1.13. The Balaban J connectivity index is 2.41. The molecule has 112 valence electrons. The largest absolute Gasteiger partial charge is 0.465 e. The van der Waals surface area contributed by atoms with Crippen molar-refractivity contribution in [3.05, 3.63) is 57.7 Å². The van der Waals surface area contributed by atoms with E-state index in [1.807, 2.05) is 6.07 Å². The van der Waals surface area contributed by atoms with Crippen LogP contribution in [0.1, 0.15) is 6.92 Å². The van der Waals surface area contributed by atoms with Gasteiger partial charge in [0.25, 0.3) is 0 Å². The molecular weight excluding hydrogens is 302 g/mol. The minimum atomic E-state index is -0.363. The Kier molecular flexibility index (Phi) is 3.86. The van der Waals surface area contributed by atoms with Crippen LogP contribution >= 0.6 is 11.6 Å². The van der Waals surface area contributed by atoms with Gasteiger partial charge in [-0.05, 0) is 31.2 Å². The molecule has 2 aromatic carbocycles. The maximum atomic E-state index is 12.6. The average Bonchev–Trinajstić information content (AvgIpc) is 2.52. The SMILES string of the molecule is CCOC(=O)Cn1c2ccccc2c(=O)c2cccc(Cl)c21. The fraction of sp³-hybridized carbons (Fsp3) is 0.176. The summed E-state index contributed by atoms with van der Waals surface area (Å²) in [7, 11) is 0. The number of pyridine rings is 1. The second-order valence-electron chi connectivity index (χ2n) is 4.87. The second kappa shape index (κ2) is 5.81. The van der Waals surface area contributed by atoms with E-state index in [9.17, 15) is 9.59 Å². The van der Waals surface area contributed by atoms with Gasteiger partial charge < -0.3 is 9.30 Å². The van der Waals surface area contributed by atoms with E-state index in [1.165, 1.54) is 0 Å². The molecule has 0 amide bonds. The van der Waals surface area contributed by atoms with Crippen LogP contribution in [-0.2, 0) is 16.1 Å². The normalized spacial score (nSPS) is 11.0. The zero-order valence-corrected chi connectivity index (χ0v) is 12.8. The molecule has 1 heterocycles. The van der Waals surface area contributed by atoms with Crippen LogP contribution in [0.25, 0.3) is 21.8 Å². The van der Waals surface area contributed by atoms with Crippen molar-refractivity contribution in [3.8, 4) is 0 Å². The number of carbonyl (C=O) groups excluding carboxylic acids is 1. The number of fused-ring (bicyclic) bond motifs is 2. The van der Waals surface area contributed by atoms with Crippen LogP contribution in [0.15, 0.2) is 47.3 Å². The molecule has 0 aliphatic rings. The number of hydrogen-bond acceptors (Lipinski definition) is 3. The molecule has 5 heteroatoms. The summed E-state index contributed by atoms with van der Waals surface area (Å²) < 4.78 is 6.78. The third kappa shape index (κ3) is 2.35. The van der Waals surface area contributed by atoms with Gasteiger partial charge in [0.05, 0.1) is 22.7 Å². The Hall–Kier alpha value is -2.33. The third-order valence-electron chi connectivity index (χ3n) is 3.53. The van der Waals surface area contributed by atoms with E-state index >= 15 is 0 Å². The van der Waals surface area contributed by atoms with Gasteiger partial charge in [-0.1, -0.05) is 29.8 Å². The van der Waals surface area contributed by atoms with E-state index in [0.29, 0.717) is 33.4 Å². The van der Waals surface area contributed by atoms with Gasteiger partial charge in [-0.2, -0.15) is 0 Å². The molecule has 0 aliphatic heterocycles. The fourth-order valence-corrected chi connectivity index (χ4v) is 2.92. The van der Waals surface area contributed by atoms with Gasteiger partial charge in [0, 0.05) is 10.8 Å². The molecule has 0 atom stereocenters. The number of para-hydroxylation sites is 2. The number of hydrogen-bond donors (Lipinski definition) is 0. The van der Waals surface area contributed by atoms with Gasteiger partial charge >= 0.3 is 5.97 Å². The van der Waals surface area contributed by atoms with Gasteiger partial charge in [-0.3, -0.25) is 9.59 Å². The molecule has 0 aliphatic carbocycles. The van der Waals surface area contributed by atoms with E-state index in [0.717, 1.165) is 0 Å².